The van der Waals surface area contributed by atoms with E-state index in [9.17, 15) is 4.79 Å². The second-order valence-corrected chi connectivity index (χ2v) is 3.60. The van der Waals surface area contributed by atoms with Gasteiger partial charge in [0.05, 0.1) is 6.61 Å². The van der Waals surface area contributed by atoms with Gasteiger partial charge < -0.3 is 4.74 Å². The Morgan fingerprint density at radius 3 is 2.67 bits per heavy atom. The van der Waals surface area contributed by atoms with Crippen molar-refractivity contribution in [2.24, 2.45) is 0 Å². The van der Waals surface area contributed by atoms with Crippen LogP contribution < -0.4 is 0 Å². The van der Waals surface area contributed by atoms with Gasteiger partial charge in [-0.05, 0) is 31.8 Å². The van der Waals surface area contributed by atoms with Gasteiger partial charge in [-0.15, -0.1) is 0 Å². The van der Waals surface area contributed by atoms with Crippen LogP contribution >= 0.6 is 11.8 Å². The van der Waals surface area contributed by atoms with E-state index in [1.807, 2.05) is 11.8 Å². The fourth-order valence-corrected chi connectivity index (χ4v) is 1.13. The van der Waals surface area contributed by atoms with Crippen LogP contribution in [0.25, 0.3) is 0 Å². The summed E-state index contributed by atoms with van der Waals surface area (Å²) < 4.78 is 4.90. The van der Waals surface area contributed by atoms with E-state index in [0.29, 0.717) is 12.2 Å². The van der Waals surface area contributed by atoms with E-state index < -0.39 is 0 Å². The summed E-state index contributed by atoms with van der Waals surface area (Å²) in [5.74, 6) is 0.851. The van der Waals surface area contributed by atoms with E-state index in [4.69, 9.17) is 4.74 Å². The summed E-state index contributed by atoms with van der Waals surface area (Å²) in [6.07, 6.45) is 4.12. The maximum atomic E-state index is 10.8. The van der Waals surface area contributed by atoms with Crippen LogP contribution in [0.15, 0.2) is 12.2 Å². The van der Waals surface area contributed by atoms with Crippen molar-refractivity contribution in [3.8, 4) is 0 Å². The second-order valence-electron chi connectivity index (χ2n) is 2.62. The van der Waals surface area contributed by atoms with Crippen LogP contribution in [0.1, 0.15) is 19.8 Å². The first-order valence-corrected chi connectivity index (χ1v) is 5.39. The second kappa shape index (κ2) is 7.22. The molecule has 0 amide bonds. The molecule has 0 fully saturated rings. The molecule has 0 aromatic heterocycles. The maximum Gasteiger partial charge on any atom is 0.333 e. The molecule has 0 atom stereocenters. The monoisotopic (exact) mass is 188 g/mol. The molecular weight excluding hydrogens is 172 g/mol. The minimum Gasteiger partial charge on any atom is -0.462 e. The van der Waals surface area contributed by atoms with Gasteiger partial charge in [0.2, 0.25) is 0 Å². The summed E-state index contributed by atoms with van der Waals surface area (Å²) in [5.41, 5.74) is 0.472. The largest absolute Gasteiger partial charge is 0.462 e. The third-order valence-corrected chi connectivity index (χ3v) is 2.02. The first kappa shape index (κ1) is 11.6. The first-order chi connectivity index (χ1) is 5.68. The molecule has 3 heteroatoms. The Bertz CT molecular complexity index is 155. The Labute approximate surface area is 78.4 Å². The zero-order valence-electron chi connectivity index (χ0n) is 7.76. The van der Waals surface area contributed by atoms with Crippen LogP contribution in [0.5, 0.6) is 0 Å². The molecule has 0 aliphatic rings. The van der Waals surface area contributed by atoms with Crippen molar-refractivity contribution in [2.45, 2.75) is 19.8 Å². The highest BCUT2D eigenvalue weighted by Gasteiger charge is 2.01. The van der Waals surface area contributed by atoms with E-state index in [0.717, 1.165) is 18.6 Å². The number of hydrogen-bond acceptors (Lipinski definition) is 3. The molecule has 0 saturated carbocycles. The molecule has 0 aliphatic heterocycles. The minimum absolute atomic E-state index is 0.279. The summed E-state index contributed by atoms with van der Waals surface area (Å²) in [5, 5.41) is 0. The summed E-state index contributed by atoms with van der Waals surface area (Å²) in [7, 11) is 0. The molecule has 0 saturated heterocycles. The molecule has 0 aromatic rings. The van der Waals surface area contributed by atoms with Gasteiger partial charge in [0, 0.05) is 5.57 Å². The van der Waals surface area contributed by atoms with Crippen molar-refractivity contribution >= 4 is 17.7 Å². The molecule has 0 rings (SSSR count). The lowest BCUT2D eigenvalue weighted by Crippen LogP contribution is -2.06. The third kappa shape index (κ3) is 6.28. The van der Waals surface area contributed by atoms with Crippen LogP contribution in [0.4, 0.5) is 0 Å². The highest BCUT2D eigenvalue weighted by molar-refractivity contribution is 7.98. The maximum absolute atomic E-state index is 10.8. The van der Waals surface area contributed by atoms with Crippen molar-refractivity contribution in [3.63, 3.8) is 0 Å². The van der Waals surface area contributed by atoms with Crippen LogP contribution in [0.3, 0.4) is 0 Å². The van der Waals surface area contributed by atoms with Crippen molar-refractivity contribution < 1.29 is 9.53 Å². The van der Waals surface area contributed by atoms with E-state index in [-0.39, 0.29) is 5.97 Å². The molecule has 12 heavy (non-hydrogen) atoms. The Kier molecular flexibility index (Phi) is 6.96. The fourth-order valence-electron chi connectivity index (χ4n) is 0.637. The highest BCUT2D eigenvalue weighted by Crippen LogP contribution is 2.00. The van der Waals surface area contributed by atoms with Crippen LogP contribution in [-0.2, 0) is 9.53 Å². The molecule has 0 N–H and O–H groups in total. The Morgan fingerprint density at radius 1 is 1.50 bits per heavy atom. The van der Waals surface area contributed by atoms with Crippen molar-refractivity contribution in [1.29, 1.82) is 0 Å². The fraction of sp³-hybridized carbons (Fsp3) is 0.667. The molecular formula is C9H16O2S. The number of carbonyl (C=O) groups excluding carboxylic acids is 1. The Hall–Kier alpha value is -0.440. The Morgan fingerprint density at radius 2 is 2.17 bits per heavy atom. The number of hydrogen-bond donors (Lipinski definition) is 0. The number of rotatable bonds is 6. The summed E-state index contributed by atoms with van der Waals surface area (Å²) in [6.45, 7) is 5.67. The molecule has 0 radical (unpaired) electrons. The zero-order chi connectivity index (χ0) is 9.40. The molecule has 0 spiro atoms. The van der Waals surface area contributed by atoms with E-state index >= 15 is 0 Å². The predicted molar refractivity (Wildman–Crippen MR) is 53.4 cm³/mol. The molecule has 0 aromatic carbocycles. The summed E-state index contributed by atoms with van der Waals surface area (Å²) in [4.78, 5) is 10.8. The van der Waals surface area contributed by atoms with E-state index in [2.05, 4.69) is 12.8 Å². The molecule has 0 aliphatic carbocycles. The van der Waals surface area contributed by atoms with Crippen LogP contribution in [-0.4, -0.2) is 24.6 Å². The standard InChI is InChI=1S/C9H16O2S/c1-8(2)9(10)11-6-4-5-7-12-3/h1,4-7H2,2-3H3. The molecule has 0 bridgehead atoms. The predicted octanol–water partition coefficient (Wildman–Crippen LogP) is 2.25. The smallest absolute Gasteiger partial charge is 0.333 e. The average Bonchev–Trinajstić information content (AvgIpc) is 2.03. The minimum atomic E-state index is -0.279. The number of thioether (sulfide) groups is 1. The van der Waals surface area contributed by atoms with Crippen LogP contribution in [0.2, 0.25) is 0 Å². The van der Waals surface area contributed by atoms with Crippen LogP contribution in [0, 0.1) is 0 Å². The normalized spacial score (nSPS) is 9.50. The van der Waals surface area contributed by atoms with Gasteiger partial charge in [0.25, 0.3) is 0 Å². The van der Waals surface area contributed by atoms with Gasteiger partial charge in [-0.25, -0.2) is 4.79 Å². The van der Waals surface area contributed by atoms with Crippen molar-refractivity contribution in [3.05, 3.63) is 12.2 Å². The lowest BCUT2D eigenvalue weighted by molar-refractivity contribution is -0.139. The van der Waals surface area contributed by atoms with Gasteiger partial charge >= 0.3 is 5.97 Å². The van der Waals surface area contributed by atoms with Gasteiger partial charge in [-0.3, -0.25) is 0 Å². The number of ether oxygens (including phenoxy) is 1. The molecule has 70 valence electrons. The van der Waals surface area contributed by atoms with Gasteiger partial charge in [-0.2, -0.15) is 11.8 Å². The number of carbonyl (C=O) groups is 1. The zero-order valence-corrected chi connectivity index (χ0v) is 8.58. The molecule has 0 unspecified atom stereocenters. The van der Waals surface area contributed by atoms with Gasteiger partial charge in [0.15, 0.2) is 0 Å². The average molecular weight is 188 g/mol. The summed E-state index contributed by atoms with van der Waals surface area (Å²) >= 11 is 1.81. The quantitative estimate of drug-likeness (QED) is 0.363. The molecule has 0 heterocycles. The highest BCUT2D eigenvalue weighted by atomic mass is 32.2. The van der Waals surface area contributed by atoms with Crippen molar-refractivity contribution in [1.82, 2.24) is 0 Å². The SMILES string of the molecule is C=C(C)C(=O)OCCCCSC. The topological polar surface area (TPSA) is 26.3 Å². The van der Waals surface area contributed by atoms with Gasteiger partial charge in [-0.1, -0.05) is 6.58 Å². The number of esters is 1. The molecule has 2 nitrogen and oxygen atoms in total. The summed E-state index contributed by atoms with van der Waals surface area (Å²) in [6, 6.07) is 0. The Balaban J connectivity index is 3.20. The van der Waals surface area contributed by atoms with Crippen molar-refractivity contribution in [2.75, 3.05) is 18.6 Å². The lowest BCUT2D eigenvalue weighted by Gasteiger charge is -2.02. The third-order valence-electron chi connectivity index (χ3n) is 1.32. The van der Waals surface area contributed by atoms with E-state index in [1.54, 1.807) is 6.92 Å². The lowest BCUT2D eigenvalue weighted by atomic mass is 10.3. The van der Waals surface area contributed by atoms with E-state index in [1.165, 1.54) is 0 Å². The van der Waals surface area contributed by atoms with Gasteiger partial charge in [0.1, 0.15) is 0 Å². The number of unbranched alkanes of at least 4 members (excludes halogenated alkanes) is 1. The first-order valence-electron chi connectivity index (χ1n) is 4.00.